The molecular weight excluding hydrogens is 480 g/mol. The molecule has 3 aromatic rings. The zero-order chi connectivity index (χ0) is 22.9. The monoisotopic (exact) mass is 504 g/mol. The second-order valence-electron chi connectivity index (χ2n) is 8.74. The van der Waals surface area contributed by atoms with Gasteiger partial charge in [-0.05, 0) is 72.5 Å². The molecular formula is C27H25BrN2O3. The molecule has 0 spiro atoms. The van der Waals surface area contributed by atoms with Gasteiger partial charge in [0.05, 0.1) is 0 Å². The molecule has 3 amide bonds. The van der Waals surface area contributed by atoms with Crippen molar-refractivity contribution in [3.63, 3.8) is 0 Å². The molecule has 3 aromatic carbocycles. The first-order chi connectivity index (χ1) is 16.0. The predicted octanol–water partition coefficient (Wildman–Crippen LogP) is 5.29. The number of imide groups is 1. The molecule has 0 bridgehead atoms. The van der Waals surface area contributed by atoms with Gasteiger partial charge in [0.25, 0.3) is 17.7 Å². The van der Waals surface area contributed by atoms with Gasteiger partial charge in [-0.2, -0.15) is 0 Å². The Bertz CT molecular complexity index is 1230. The smallest absolute Gasteiger partial charge is 0.261 e. The molecule has 1 heterocycles. The summed E-state index contributed by atoms with van der Waals surface area (Å²) in [5.74, 6) is -0.433. The largest absolute Gasteiger partial charge is 0.352 e. The molecule has 0 atom stereocenters. The molecule has 0 saturated carbocycles. The second kappa shape index (κ2) is 9.10. The van der Waals surface area contributed by atoms with Gasteiger partial charge in [-0.25, -0.2) is 0 Å². The number of unbranched alkanes of at least 4 members (excludes halogenated alkanes) is 3. The predicted molar refractivity (Wildman–Crippen MR) is 132 cm³/mol. The number of nitrogens with zero attached hydrogens (tertiary/aromatic N) is 1. The highest BCUT2D eigenvalue weighted by molar-refractivity contribution is 9.10. The highest BCUT2D eigenvalue weighted by Crippen LogP contribution is 2.38. The molecule has 2 aliphatic rings. The fourth-order valence-corrected chi connectivity index (χ4v) is 5.35. The van der Waals surface area contributed by atoms with Crippen LogP contribution in [0.5, 0.6) is 0 Å². The number of rotatable bonds is 8. The molecule has 33 heavy (non-hydrogen) atoms. The number of carbonyl (C=O) groups excluding carboxylic acids is 3. The zero-order valence-corrected chi connectivity index (χ0v) is 19.9. The molecule has 5 nitrogen and oxygen atoms in total. The van der Waals surface area contributed by atoms with Crippen LogP contribution in [0.15, 0.2) is 53.0 Å². The number of halogens is 1. The topological polar surface area (TPSA) is 66.5 Å². The van der Waals surface area contributed by atoms with E-state index in [0.29, 0.717) is 29.8 Å². The van der Waals surface area contributed by atoms with Crippen LogP contribution in [0.4, 0.5) is 0 Å². The molecule has 0 unspecified atom stereocenters. The first-order valence-electron chi connectivity index (χ1n) is 11.5. The summed E-state index contributed by atoms with van der Waals surface area (Å²) in [6.45, 7) is 1.03. The van der Waals surface area contributed by atoms with E-state index in [-0.39, 0.29) is 17.7 Å². The lowest BCUT2D eigenvalue weighted by Gasteiger charge is -2.27. The fraction of sp³-hybridized carbons (Fsp3) is 0.296. The second-order valence-corrected chi connectivity index (χ2v) is 9.65. The molecule has 1 aliphatic heterocycles. The van der Waals surface area contributed by atoms with Crippen molar-refractivity contribution in [3.05, 3.63) is 80.8 Å². The minimum absolute atomic E-state index is 0.0797. The van der Waals surface area contributed by atoms with E-state index in [1.165, 1.54) is 16.0 Å². The van der Waals surface area contributed by atoms with E-state index in [1.54, 1.807) is 12.1 Å². The van der Waals surface area contributed by atoms with Crippen molar-refractivity contribution in [2.75, 3.05) is 13.1 Å². The van der Waals surface area contributed by atoms with Gasteiger partial charge in [0.15, 0.2) is 0 Å². The number of aryl methyl sites for hydroxylation is 2. The van der Waals surface area contributed by atoms with E-state index in [1.807, 2.05) is 36.4 Å². The van der Waals surface area contributed by atoms with E-state index in [0.717, 1.165) is 53.8 Å². The van der Waals surface area contributed by atoms with Gasteiger partial charge in [0.2, 0.25) is 0 Å². The molecule has 0 saturated heterocycles. The van der Waals surface area contributed by atoms with Gasteiger partial charge in [-0.3, -0.25) is 19.3 Å². The van der Waals surface area contributed by atoms with Crippen molar-refractivity contribution < 1.29 is 14.4 Å². The van der Waals surface area contributed by atoms with Crippen LogP contribution in [-0.4, -0.2) is 35.7 Å². The van der Waals surface area contributed by atoms with Crippen LogP contribution in [0.3, 0.4) is 0 Å². The standard InChI is InChI=1S/C27H25BrN2O3/c28-20-7-5-6-19(16-20)25(31)29-14-3-1-2-4-15-30-26(32)21-12-10-17-8-9-18-11-13-22(27(30)33)24(21)23(17)18/h5-7,10-13,16H,1-4,8-9,14-15H2,(H,29,31). The van der Waals surface area contributed by atoms with Crippen molar-refractivity contribution in [1.29, 1.82) is 0 Å². The normalized spacial score (nSPS) is 14.3. The Labute approximate surface area is 201 Å². The maximum Gasteiger partial charge on any atom is 0.261 e. The first kappa shape index (κ1) is 21.8. The van der Waals surface area contributed by atoms with Gasteiger partial charge in [0, 0.05) is 39.6 Å². The molecule has 1 N–H and O–H groups in total. The highest BCUT2D eigenvalue weighted by Gasteiger charge is 2.34. The van der Waals surface area contributed by atoms with E-state index < -0.39 is 0 Å². The number of nitrogens with one attached hydrogen (secondary N) is 1. The Hall–Kier alpha value is -2.99. The average molecular weight is 505 g/mol. The fourth-order valence-electron chi connectivity index (χ4n) is 4.95. The van der Waals surface area contributed by atoms with Gasteiger partial charge in [-0.15, -0.1) is 0 Å². The van der Waals surface area contributed by atoms with Crippen molar-refractivity contribution in [1.82, 2.24) is 10.2 Å². The van der Waals surface area contributed by atoms with Crippen molar-refractivity contribution >= 4 is 44.4 Å². The van der Waals surface area contributed by atoms with Crippen LogP contribution >= 0.6 is 15.9 Å². The highest BCUT2D eigenvalue weighted by atomic mass is 79.9. The molecule has 168 valence electrons. The number of hydrogen-bond donors (Lipinski definition) is 1. The minimum atomic E-state index is -0.176. The Kier molecular flexibility index (Phi) is 6.02. The summed E-state index contributed by atoms with van der Waals surface area (Å²) in [6.07, 6.45) is 5.38. The van der Waals surface area contributed by atoms with Gasteiger partial charge >= 0.3 is 0 Å². The molecule has 0 fully saturated rings. The van der Waals surface area contributed by atoms with E-state index in [9.17, 15) is 14.4 Å². The summed E-state index contributed by atoms with van der Waals surface area (Å²) in [4.78, 5) is 39.8. The molecule has 6 heteroatoms. The summed E-state index contributed by atoms with van der Waals surface area (Å²) in [6, 6.07) is 15.2. The summed E-state index contributed by atoms with van der Waals surface area (Å²) in [5.41, 5.74) is 4.43. The van der Waals surface area contributed by atoms with E-state index in [4.69, 9.17) is 0 Å². The number of benzene rings is 3. The summed E-state index contributed by atoms with van der Waals surface area (Å²) < 4.78 is 0.879. The summed E-state index contributed by atoms with van der Waals surface area (Å²) in [7, 11) is 0. The van der Waals surface area contributed by atoms with Crippen LogP contribution in [0.2, 0.25) is 0 Å². The summed E-state index contributed by atoms with van der Waals surface area (Å²) in [5, 5.41) is 4.92. The van der Waals surface area contributed by atoms with Crippen molar-refractivity contribution in [2.24, 2.45) is 0 Å². The Morgan fingerprint density at radius 3 is 2.18 bits per heavy atom. The lowest BCUT2D eigenvalue weighted by molar-refractivity contribution is 0.0607. The lowest BCUT2D eigenvalue weighted by Crippen LogP contribution is -2.41. The number of amides is 3. The SMILES string of the molecule is O=C(NCCCCCCN1C(=O)c2ccc3c4c(ccc(c24)C1=O)CC3)c1cccc(Br)c1. The maximum absolute atomic E-state index is 13.1. The Balaban J connectivity index is 1.13. The van der Waals surface area contributed by atoms with Gasteiger partial charge < -0.3 is 5.32 Å². The van der Waals surface area contributed by atoms with Crippen LogP contribution < -0.4 is 5.32 Å². The summed E-state index contributed by atoms with van der Waals surface area (Å²) >= 11 is 3.38. The molecule has 0 aromatic heterocycles. The van der Waals surface area contributed by atoms with Crippen LogP contribution in [0, 0.1) is 0 Å². The van der Waals surface area contributed by atoms with Crippen molar-refractivity contribution in [3.8, 4) is 0 Å². The lowest BCUT2D eigenvalue weighted by atomic mass is 9.91. The third kappa shape index (κ3) is 4.08. The first-order valence-corrected chi connectivity index (χ1v) is 12.3. The third-order valence-corrected chi connectivity index (χ3v) is 7.12. The van der Waals surface area contributed by atoms with E-state index >= 15 is 0 Å². The van der Waals surface area contributed by atoms with Crippen LogP contribution in [0.1, 0.15) is 67.9 Å². The quantitative estimate of drug-likeness (QED) is 0.334. The Morgan fingerprint density at radius 2 is 1.52 bits per heavy atom. The number of carbonyl (C=O) groups is 3. The average Bonchev–Trinajstić information content (AvgIpc) is 3.24. The zero-order valence-electron chi connectivity index (χ0n) is 18.3. The van der Waals surface area contributed by atoms with Gasteiger partial charge in [-0.1, -0.05) is 47.0 Å². The molecule has 5 rings (SSSR count). The molecule has 0 radical (unpaired) electrons. The van der Waals surface area contributed by atoms with E-state index in [2.05, 4.69) is 21.2 Å². The third-order valence-electron chi connectivity index (χ3n) is 6.63. The van der Waals surface area contributed by atoms with Crippen LogP contribution in [-0.2, 0) is 12.8 Å². The Morgan fingerprint density at radius 1 is 0.848 bits per heavy atom. The van der Waals surface area contributed by atoms with Crippen molar-refractivity contribution in [2.45, 2.75) is 38.5 Å². The van der Waals surface area contributed by atoms with Crippen LogP contribution in [0.25, 0.3) is 10.8 Å². The minimum Gasteiger partial charge on any atom is -0.352 e. The molecule has 1 aliphatic carbocycles. The number of hydrogen-bond acceptors (Lipinski definition) is 3. The van der Waals surface area contributed by atoms with Gasteiger partial charge in [0.1, 0.15) is 0 Å². The maximum atomic E-state index is 13.1.